The average molecular weight is 931 g/mol. The molecule has 2 aromatic heterocycles. The molecule has 2 saturated heterocycles. The van der Waals surface area contributed by atoms with Gasteiger partial charge in [0.1, 0.15) is 23.7 Å². The van der Waals surface area contributed by atoms with Crippen molar-refractivity contribution < 1.29 is 38.1 Å². The summed E-state index contributed by atoms with van der Waals surface area (Å²) in [5.74, 6) is 9.03. The van der Waals surface area contributed by atoms with E-state index in [9.17, 15) is 19.2 Å². The number of methoxy groups -OCH3 is 2. The summed E-state index contributed by atoms with van der Waals surface area (Å²) in [4.78, 5) is 73.5. The molecule has 6 atom stereocenters. The molecule has 4 heterocycles. The smallest absolute Gasteiger partial charge is 0.407 e. The largest absolute Gasteiger partial charge is 0.453 e. The lowest BCUT2D eigenvalue weighted by atomic mass is 9.90. The summed E-state index contributed by atoms with van der Waals surface area (Å²) in [5.41, 5.74) is 7.41. The summed E-state index contributed by atoms with van der Waals surface area (Å²) in [7, 11) is 2.62. The van der Waals surface area contributed by atoms with Crippen LogP contribution < -0.4 is 10.6 Å². The minimum atomic E-state index is -0.716. The minimum absolute atomic E-state index is 0.0387. The first-order chi connectivity index (χ1) is 32.8. The molecule has 2 saturated carbocycles. The van der Waals surface area contributed by atoms with Gasteiger partial charge in [-0.1, -0.05) is 51.7 Å². The van der Waals surface area contributed by atoms with Crippen LogP contribution in [0.1, 0.15) is 87.3 Å². The maximum atomic E-state index is 14.3. The summed E-state index contributed by atoms with van der Waals surface area (Å²) in [5, 5.41) is 5.69. The number of aryl methyl sites for hydroxylation is 2. The molecule has 16 nitrogen and oxygen atoms in total. The highest BCUT2D eigenvalue weighted by molar-refractivity contribution is 5.87. The topological polar surface area (TPSA) is 193 Å². The number of hydrogen-bond acceptors (Lipinski definition) is 10. The molecule has 0 spiro atoms. The SMILES string of the molecule is COC(=O)NC(C(=O)N(Cc1ncc(-c2ccc(C#Cc3ccc(-c4cnc(CN(C(=O)C(NC(=O)OC)C5CCOCC5)C5C(C)C5C)[nH]4)cc3C)c(C)c2)[nH]1)C1C(C)C1C)C1CCOCC1. The monoisotopic (exact) mass is 931 g/mol. The van der Waals surface area contributed by atoms with E-state index in [-0.39, 0.29) is 48.8 Å². The van der Waals surface area contributed by atoms with Gasteiger partial charge < -0.3 is 49.3 Å². The third-order valence-corrected chi connectivity index (χ3v) is 15.0. The van der Waals surface area contributed by atoms with Gasteiger partial charge in [0.15, 0.2) is 0 Å². The number of aromatic amines is 2. The predicted octanol–water partition coefficient (Wildman–Crippen LogP) is 6.75. The highest BCUT2D eigenvalue weighted by atomic mass is 16.5. The van der Waals surface area contributed by atoms with Crippen molar-refractivity contribution in [1.29, 1.82) is 0 Å². The molecule has 4 aromatic rings. The molecule has 362 valence electrons. The number of nitrogens with one attached hydrogen (secondary N) is 4. The summed E-state index contributed by atoms with van der Waals surface area (Å²) in [6.07, 6.45) is 5.07. The lowest BCUT2D eigenvalue weighted by molar-refractivity contribution is -0.138. The molecular formula is C52H66N8O8. The van der Waals surface area contributed by atoms with Crippen molar-refractivity contribution in [2.75, 3.05) is 40.6 Å². The van der Waals surface area contributed by atoms with Gasteiger partial charge in [0.25, 0.3) is 0 Å². The molecule has 0 radical (unpaired) electrons. The normalized spacial score (nSPS) is 23.3. The minimum Gasteiger partial charge on any atom is -0.453 e. The van der Waals surface area contributed by atoms with Gasteiger partial charge in [-0.2, -0.15) is 0 Å². The van der Waals surface area contributed by atoms with Gasteiger partial charge >= 0.3 is 12.2 Å². The standard InChI is InChI=1S/C52H66N8O8/c1-29-23-39(41-25-53-43(55-41)27-59(47-31(3)32(47)4)49(61)45(57-51(63)65-7)37-15-19-67-20-16-37)13-11-35(29)9-10-36-12-14-40(24-30(36)2)42-26-54-44(56-42)28-60(48-33(5)34(48)6)50(62)46(58-52(64)66-8)38-17-21-68-22-18-38/h11-14,23-26,31-34,37-38,45-48H,15-22,27-28H2,1-8H3,(H,53,55)(H,54,56)(H,57,63)(H,58,64). The number of alkyl carbamates (subject to hydrolysis) is 2. The Bertz CT molecular complexity index is 2350. The third-order valence-electron chi connectivity index (χ3n) is 15.0. The fraction of sp³-hybridized carbons (Fsp3) is 0.538. The molecule has 2 aliphatic carbocycles. The van der Waals surface area contributed by atoms with Gasteiger partial charge in [-0.25, -0.2) is 19.6 Å². The Morgan fingerprint density at radius 3 is 1.34 bits per heavy atom. The highest BCUT2D eigenvalue weighted by Crippen LogP contribution is 2.45. The van der Waals surface area contributed by atoms with Crippen molar-refractivity contribution in [1.82, 2.24) is 40.4 Å². The number of carbonyl (C=O) groups excluding carboxylic acids is 4. The Morgan fingerprint density at radius 1 is 0.647 bits per heavy atom. The fourth-order valence-corrected chi connectivity index (χ4v) is 10.2. The van der Waals surface area contributed by atoms with Crippen molar-refractivity contribution in [3.63, 3.8) is 0 Å². The molecule has 2 aromatic carbocycles. The van der Waals surface area contributed by atoms with E-state index < -0.39 is 24.3 Å². The van der Waals surface area contributed by atoms with E-state index in [1.165, 1.54) is 14.2 Å². The molecule has 4 N–H and O–H groups in total. The zero-order valence-corrected chi connectivity index (χ0v) is 40.5. The summed E-state index contributed by atoms with van der Waals surface area (Å²) in [6.45, 7) is 15.4. The first kappa shape index (κ1) is 48.3. The maximum Gasteiger partial charge on any atom is 0.407 e. The summed E-state index contributed by atoms with van der Waals surface area (Å²) < 4.78 is 21.0. The number of H-pyrrole nitrogens is 2. The molecule has 16 heteroatoms. The maximum absolute atomic E-state index is 14.3. The average Bonchev–Trinajstić information content (AvgIpc) is 3.84. The second kappa shape index (κ2) is 21.0. The van der Waals surface area contributed by atoms with Crippen molar-refractivity contribution in [2.45, 2.75) is 104 Å². The molecule has 68 heavy (non-hydrogen) atoms. The zero-order valence-electron chi connectivity index (χ0n) is 40.5. The van der Waals surface area contributed by atoms with Crippen LogP contribution in [-0.2, 0) is 41.6 Å². The molecule has 8 rings (SSSR count). The van der Waals surface area contributed by atoms with Gasteiger partial charge in [-0.05, 0) is 122 Å². The molecule has 4 fully saturated rings. The van der Waals surface area contributed by atoms with Crippen LogP contribution in [0.2, 0.25) is 0 Å². The van der Waals surface area contributed by atoms with Gasteiger partial charge in [-0.15, -0.1) is 0 Å². The van der Waals surface area contributed by atoms with E-state index in [1.807, 2.05) is 47.9 Å². The number of rotatable bonds is 14. The number of benzene rings is 2. The molecule has 6 unspecified atom stereocenters. The number of carbonyl (C=O) groups is 4. The Kier molecular flexibility index (Phi) is 14.9. The number of aromatic nitrogens is 4. The van der Waals surface area contributed by atoms with Crippen molar-refractivity contribution in [2.24, 2.45) is 35.5 Å². The van der Waals surface area contributed by atoms with Gasteiger partial charge in [0.2, 0.25) is 11.8 Å². The van der Waals surface area contributed by atoms with E-state index in [4.69, 9.17) is 28.9 Å². The number of imidazole rings is 2. The number of nitrogens with zero attached hydrogens (tertiary/aromatic N) is 4. The van der Waals surface area contributed by atoms with Gasteiger partial charge in [0.05, 0.1) is 51.1 Å². The zero-order chi connectivity index (χ0) is 48.2. The predicted molar refractivity (Wildman–Crippen MR) is 255 cm³/mol. The molecule has 0 bridgehead atoms. The van der Waals surface area contributed by atoms with Crippen LogP contribution in [0.3, 0.4) is 0 Å². The Labute approximate surface area is 399 Å². The quantitative estimate of drug-likeness (QED) is 0.0984. The van der Waals surface area contributed by atoms with Crippen LogP contribution in [0.15, 0.2) is 48.8 Å². The van der Waals surface area contributed by atoms with E-state index in [0.717, 1.165) is 44.8 Å². The lowest BCUT2D eigenvalue weighted by Crippen LogP contribution is -2.54. The first-order valence-corrected chi connectivity index (χ1v) is 24.0. The number of hydrogen-bond donors (Lipinski definition) is 4. The number of amides is 4. The first-order valence-electron chi connectivity index (χ1n) is 24.0. The van der Waals surface area contributed by atoms with Crippen LogP contribution in [-0.4, -0.2) is 119 Å². The molecular weight excluding hydrogens is 865 g/mol. The van der Waals surface area contributed by atoms with E-state index in [0.29, 0.717) is 87.4 Å². The fourth-order valence-electron chi connectivity index (χ4n) is 10.2. The Morgan fingerprint density at radius 2 is 1.01 bits per heavy atom. The van der Waals surface area contributed by atoms with Gasteiger partial charge in [-0.3, -0.25) is 9.59 Å². The third kappa shape index (κ3) is 10.7. The van der Waals surface area contributed by atoms with E-state index >= 15 is 0 Å². The van der Waals surface area contributed by atoms with Crippen LogP contribution in [0, 0.1) is 61.2 Å². The van der Waals surface area contributed by atoms with Crippen molar-refractivity contribution in [3.05, 3.63) is 82.7 Å². The summed E-state index contributed by atoms with van der Waals surface area (Å²) in [6, 6.07) is 10.9. The van der Waals surface area contributed by atoms with Crippen LogP contribution >= 0.6 is 0 Å². The van der Waals surface area contributed by atoms with Gasteiger partial charge in [0, 0.05) is 49.6 Å². The van der Waals surface area contributed by atoms with E-state index in [2.05, 4.69) is 72.3 Å². The molecule has 4 aliphatic rings. The number of ether oxygens (including phenoxy) is 4. The van der Waals surface area contributed by atoms with E-state index in [1.54, 1.807) is 12.4 Å². The van der Waals surface area contributed by atoms with Crippen molar-refractivity contribution >= 4 is 24.0 Å². The summed E-state index contributed by atoms with van der Waals surface area (Å²) >= 11 is 0. The Balaban J connectivity index is 0.933. The van der Waals surface area contributed by atoms with Crippen molar-refractivity contribution in [3.8, 4) is 34.4 Å². The van der Waals surface area contributed by atoms with Crippen LogP contribution in [0.5, 0.6) is 0 Å². The molecule has 2 aliphatic heterocycles. The second-order valence-corrected chi connectivity index (χ2v) is 19.3. The highest BCUT2D eigenvalue weighted by Gasteiger charge is 2.52. The Hall–Kier alpha value is -6.18. The molecule has 4 amide bonds. The van der Waals surface area contributed by atoms with Crippen LogP contribution in [0.25, 0.3) is 22.5 Å². The lowest BCUT2D eigenvalue weighted by Gasteiger charge is -2.34. The van der Waals surface area contributed by atoms with Crippen LogP contribution in [0.4, 0.5) is 9.59 Å². The second-order valence-electron chi connectivity index (χ2n) is 19.3.